The van der Waals surface area contributed by atoms with Crippen molar-refractivity contribution in [3.8, 4) is 0 Å². The molecule has 1 N–H and O–H groups in total. The van der Waals surface area contributed by atoms with Crippen LogP contribution in [-0.2, 0) is 6.54 Å². The van der Waals surface area contributed by atoms with Crippen molar-refractivity contribution in [2.75, 3.05) is 5.32 Å². The zero-order chi connectivity index (χ0) is 17.1. The van der Waals surface area contributed by atoms with Crippen LogP contribution in [0.15, 0.2) is 68.4 Å². The summed E-state index contributed by atoms with van der Waals surface area (Å²) in [5.41, 5.74) is 1.60. The molecule has 6 heteroatoms. The van der Waals surface area contributed by atoms with Gasteiger partial charge in [0.25, 0.3) is 11.5 Å². The largest absolute Gasteiger partial charge is 0.454 e. The van der Waals surface area contributed by atoms with Crippen molar-refractivity contribution in [1.82, 2.24) is 4.57 Å². The molecule has 3 rings (SSSR count). The minimum atomic E-state index is -0.330. The lowest BCUT2D eigenvalue weighted by Gasteiger charge is -2.06. The second-order valence-corrected chi connectivity index (χ2v) is 6.21. The first kappa shape index (κ1) is 16.3. The van der Waals surface area contributed by atoms with Gasteiger partial charge < -0.3 is 14.3 Å². The lowest BCUT2D eigenvalue weighted by molar-refractivity contribution is 0.0995. The summed E-state index contributed by atoms with van der Waals surface area (Å²) in [7, 11) is 0. The van der Waals surface area contributed by atoms with Gasteiger partial charge in [0, 0.05) is 22.4 Å². The number of carbonyl (C=O) groups excluding carboxylic acids is 1. The second kappa shape index (κ2) is 6.88. The predicted octanol–water partition coefficient (Wildman–Crippen LogP) is 3.81. The van der Waals surface area contributed by atoms with Gasteiger partial charge in [-0.3, -0.25) is 9.59 Å². The fourth-order valence-electron chi connectivity index (χ4n) is 2.26. The Kier molecular flexibility index (Phi) is 4.66. The summed E-state index contributed by atoms with van der Waals surface area (Å²) in [6, 6.07) is 13.8. The molecule has 0 aliphatic carbocycles. The van der Waals surface area contributed by atoms with Gasteiger partial charge in [0.05, 0.1) is 6.54 Å². The topological polar surface area (TPSA) is 64.2 Å². The Morgan fingerprint density at radius 2 is 2.04 bits per heavy atom. The van der Waals surface area contributed by atoms with Gasteiger partial charge in [0.15, 0.2) is 5.76 Å². The quantitative estimate of drug-likeness (QED) is 0.741. The van der Waals surface area contributed by atoms with Crippen LogP contribution < -0.4 is 10.9 Å². The molecule has 0 saturated carbocycles. The molecule has 5 nitrogen and oxygen atoms in total. The molecule has 2 aromatic heterocycles. The molecule has 0 fully saturated rings. The van der Waals surface area contributed by atoms with E-state index in [-0.39, 0.29) is 23.8 Å². The normalized spacial score (nSPS) is 10.6. The average Bonchev–Trinajstić information content (AvgIpc) is 3.02. The number of benzene rings is 1. The fourth-order valence-corrected chi connectivity index (χ4v) is 2.51. The maximum atomic E-state index is 12.3. The Balaban J connectivity index is 1.73. The highest BCUT2D eigenvalue weighted by molar-refractivity contribution is 9.10. The van der Waals surface area contributed by atoms with Crippen molar-refractivity contribution in [3.05, 3.63) is 86.6 Å². The van der Waals surface area contributed by atoms with Gasteiger partial charge >= 0.3 is 0 Å². The van der Waals surface area contributed by atoms with Gasteiger partial charge in [-0.1, -0.05) is 22.0 Å². The van der Waals surface area contributed by atoms with E-state index in [1.54, 1.807) is 30.5 Å². The number of pyridine rings is 1. The summed E-state index contributed by atoms with van der Waals surface area (Å²) < 4.78 is 8.04. The molecule has 122 valence electrons. The smallest absolute Gasteiger partial charge is 0.291 e. The monoisotopic (exact) mass is 386 g/mol. The first-order chi connectivity index (χ1) is 11.5. The van der Waals surface area contributed by atoms with E-state index in [0.717, 1.165) is 10.0 Å². The molecule has 0 saturated heterocycles. The molecule has 0 atom stereocenters. The third kappa shape index (κ3) is 3.65. The van der Waals surface area contributed by atoms with Crippen LogP contribution >= 0.6 is 15.9 Å². The summed E-state index contributed by atoms with van der Waals surface area (Å²) >= 11 is 3.42. The van der Waals surface area contributed by atoms with E-state index < -0.39 is 0 Å². The van der Waals surface area contributed by atoms with Gasteiger partial charge in [-0.25, -0.2) is 0 Å². The first-order valence-electron chi connectivity index (χ1n) is 7.34. The van der Waals surface area contributed by atoms with E-state index in [2.05, 4.69) is 21.2 Å². The Bertz CT molecular complexity index is 943. The van der Waals surface area contributed by atoms with Crippen molar-refractivity contribution in [2.24, 2.45) is 0 Å². The number of aromatic nitrogens is 1. The van der Waals surface area contributed by atoms with E-state index in [0.29, 0.717) is 11.4 Å². The molecule has 24 heavy (non-hydrogen) atoms. The molecule has 0 bridgehead atoms. The molecular weight excluding hydrogens is 372 g/mol. The summed E-state index contributed by atoms with van der Waals surface area (Å²) in [6.45, 7) is 2.23. The lowest BCUT2D eigenvalue weighted by Crippen LogP contribution is -2.18. The van der Waals surface area contributed by atoms with Gasteiger partial charge in [-0.2, -0.15) is 0 Å². The summed E-state index contributed by atoms with van der Waals surface area (Å²) in [5.74, 6) is 0.415. The maximum Gasteiger partial charge on any atom is 0.291 e. The van der Waals surface area contributed by atoms with E-state index in [1.165, 1.54) is 10.6 Å². The Morgan fingerprint density at radius 1 is 1.21 bits per heavy atom. The minimum Gasteiger partial charge on any atom is -0.454 e. The van der Waals surface area contributed by atoms with E-state index >= 15 is 0 Å². The summed E-state index contributed by atoms with van der Waals surface area (Å²) in [6.07, 6.45) is 1.68. The van der Waals surface area contributed by atoms with Crippen LogP contribution in [0, 0.1) is 6.92 Å². The zero-order valence-corrected chi connectivity index (χ0v) is 14.5. The Hall–Kier alpha value is -2.60. The summed E-state index contributed by atoms with van der Waals surface area (Å²) in [5, 5.41) is 2.79. The lowest BCUT2D eigenvalue weighted by atomic mass is 10.2. The van der Waals surface area contributed by atoms with Gasteiger partial charge in [-0.05, 0) is 48.9 Å². The standard InChI is InChI=1S/C18H15BrN2O3/c1-12-10-13(5-7-15(12)19)20-18(23)16-8-6-14(24-16)11-21-9-3-2-4-17(21)22/h2-10H,11H2,1H3,(H,20,23). The highest BCUT2D eigenvalue weighted by Crippen LogP contribution is 2.20. The van der Waals surface area contributed by atoms with Crippen LogP contribution in [0.1, 0.15) is 21.9 Å². The number of furan rings is 1. The molecule has 0 spiro atoms. The third-order valence-corrected chi connectivity index (χ3v) is 4.42. The van der Waals surface area contributed by atoms with Crippen LogP contribution in [0.5, 0.6) is 0 Å². The predicted molar refractivity (Wildman–Crippen MR) is 95.3 cm³/mol. The number of carbonyl (C=O) groups is 1. The van der Waals surface area contributed by atoms with Crippen molar-refractivity contribution in [2.45, 2.75) is 13.5 Å². The van der Waals surface area contributed by atoms with E-state index in [9.17, 15) is 9.59 Å². The number of rotatable bonds is 4. The first-order valence-corrected chi connectivity index (χ1v) is 8.14. The van der Waals surface area contributed by atoms with Crippen LogP contribution in [0.3, 0.4) is 0 Å². The number of halogens is 1. The van der Waals surface area contributed by atoms with Crippen LogP contribution in [-0.4, -0.2) is 10.5 Å². The maximum absolute atomic E-state index is 12.3. The number of nitrogens with one attached hydrogen (secondary N) is 1. The molecular formula is C18H15BrN2O3. The molecule has 0 aliphatic heterocycles. The molecule has 1 aromatic carbocycles. The van der Waals surface area contributed by atoms with Gasteiger partial charge in [0.2, 0.25) is 0 Å². The highest BCUT2D eigenvalue weighted by Gasteiger charge is 2.12. The third-order valence-electron chi connectivity index (χ3n) is 3.53. The van der Waals surface area contributed by atoms with Crippen LogP contribution in [0.25, 0.3) is 0 Å². The Morgan fingerprint density at radius 3 is 2.79 bits per heavy atom. The van der Waals surface area contributed by atoms with Crippen molar-refractivity contribution in [1.29, 1.82) is 0 Å². The number of hydrogen-bond acceptors (Lipinski definition) is 3. The highest BCUT2D eigenvalue weighted by atomic mass is 79.9. The van der Waals surface area contributed by atoms with Gasteiger partial charge in [-0.15, -0.1) is 0 Å². The molecule has 1 amide bonds. The number of nitrogens with zero attached hydrogens (tertiary/aromatic N) is 1. The van der Waals surface area contributed by atoms with Crippen LogP contribution in [0.2, 0.25) is 0 Å². The van der Waals surface area contributed by atoms with Crippen molar-refractivity contribution in [3.63, 3.8) is 0 Å². The van der Waals surface area contributed by atoms with Gasteiger partial charge in [0.1, 0.15) is 5.76 Å². The number of amides is 1. The molecule has 3 aromatic rings. The van der Waals surface area contributed by atoms with Crippen molar-refractivity contribution >= 4 is 27.5 Å². The fraction of sp³-hybridized carbons (Fsp3) is 0.111. The minimum absolute atomic E-state index is 0.120. The second-order valence-electron chi connectivity index (χ2n) is 5.35. The zero-order valence-electron chi connectivity index (χ0n) is 13.0. The number of hydrogen-bond donors (Lipinski definition) is 1. The molecule has 0 radical (unpaired) electrons. The van der Waals surface area contributed by atoms with Crippen LogP contribution in [0.4, 0.5) is 5.69 Å². The van der Waals surface area contributed by atoms with Crippen molar-refractivity contribution < 1.29 is 9.21 Å². The molecule has 0 aliphatic rings. The SMILES string of the molecule is Cc1cc(NC(=O)c2ccc(Cn3ccccc3=O)o2)ccc1Br. The van der Waals surface area contributed by atoms with E-state index in [1.807, 2.05) is 25.1 Å². The number of anilines is 1. The molecule has 2 heterocycles. The number of aryl methyl sites for hydroxylation is 1. The average molecular weight is 387 g/mol. The Labute approximate surface area is 147 Å². The van der Waals surface area contributed by atoms with E-state index in [4.69, 9.17) is 4.42 Å². The molecule has 0 unspecified atom stereocenters. The summed E-state index contributed by atoms with van der Waals surface area (Å²) in [4.78, 5) is 24.0.